The van der Waals surface area contributed by atoms with Crippen LogP contribution in [-0.2, 0) is 11.2 Å². The Bertz CT molecular complexity index is 650. The van der Waals surface area contributed by atoms with E-state index in [1.54, 1.807) is 11.3 Å². The van der Waals surface area contributed by atoms with Gasteiger partial charge in [0.15, 0.2) is 0 Å². The minimum atomic E-state index is 0.197. The minimum Gasteiger partial charge on any atom is -0.399 e. The molecule has 0 radical (unpaired) electrons. The van der Waals surface area contributed by atoms with Crippen molar-refractivity contribution in [3.8, 4) is 0 Å². The summed E-state index contributed by atoms with van der Waals surface area (Å²) in [6.07, 6.45) is 2.62. The lowest BCUT2D eigenvalue weighted by molar-refractivity contribution is -0.131. The van der Waals surface area contributed by atoms with E-state index in [0.717, 1.165) is 42.9 Å². The number of nitrogens with zero attached hydrogens (tertiary/aromatic N) is 2. The van der Waals surface area contributed by atoms with Crippen LogP contribution < -0.4 is 5.73 Å². The van der Waals surface area contributed by atoms with Crippen LogP contribution >= 0.6 is 11.3 Å². The van der Waals surface area contributed by atoms with E-state index in [4.69, 9.17) is 5.73 Å². The largest absolute Gasteiger partial charge is 0.399 e. The molecule has 1 unspecified atom stereocenters. The Morgan fingerprint density at radius 2 is 2.18 bits per heavy atom. The zero-order chi connectivity index (χ0) is 15.5. The maximum absolute atomic E-state index is 12.5. The Hall–Kier alpha value is -1.88. The van der Waals surface area contributed by atoms with Gasteiger partial charge in [0.1, 0.15) is 0 Å². The summed E-state index contributed by atoms with van der Waals surface area (Å²) in [5.74, 6) is 0.588. The molecule has 1 aliphatic heterocycles. The Kier molecular flexibility index (Phi) is 4.43. The first kappa shape index (κ1) is 15.0. The van der Waals surface area contributed by atoms with Gasteiger partial charge in [-0.1, -0.05) is 12.1 Å². The number of nitrogen functional groups attached to an aromatic ring is 1. The highest BCUT2D eigenvalue weighted by molar-refractivity contribution is 7.09. The third kappa shape index (κ3) is 3.47. The van der Waals surface area contributed by atoms with E-state index in [0.29, 0.717) is 12.3 Å². The number of carbonyl (C=O) groups excluding carboxylic acids is 1. The summed E-state index contributed by atoms with van der Waals surface area (Å²) in [7, 11) is 0. The van der Waals surface area contributed by atoms with E-state index >= 15 is 0 Å². The van der Waals surface area contributed by atoms with Gasteiger partial charge in [-0.05, 0) is 37.5 Å². The quantitative estimate of drug-likeness (QED) is 0.886. The van der Waals surface area contributed by atoms with Crippen molar-refractivity contribution in [2.45, 2.75) is 32.1 Å². The smallest absolute Gasteiger partial charge is 0.227 e. The van der Waals surface area contributed by atoms with E-state index in [1.165, 1.54) is 5.01 Å². The molecule has 4 nitrogen and oxygen atoms in total. The minimum absolute atomic E-state index is 0.197. The summed E-state index contributed by atoms with van der Waals surface area (Å²) in [5.41, 5.74) is 8.51. The van der Waals surface area contributed by atoms with Gasteiger partial charge in [-0.15, -0.1) is 11.3 Å². The predicted molar refractivity (Wildman–Crippen MR) is 90.0 cm³/mol. The topological polar surface area (TPSA) is 59.2 Å². The number of nitrogens with two attached hydrogens (primary N) is 1. The van der Waals surface area contributed by atoms with E-state index in [9.17, 15) is 4.79 Å². The number of benzene rings is 1. The average molecular weight is 315 g/mol. The first-order valence-corrected chi connectivity index (χ1v) is 8.54. The molecule has 1 amide bonds. The van der Waals surface area contributed by atoms with Crippen LogP contribution in [0.1, 0.15) is 35.0 Å². The molecule has 1 fully saturated rings. The highest BCUT2D eigenvalue weighted by Gasteiger charge is 2.26. The molecule has 0 spiro atoms. The van der Waals surface area contributed by atoms with Crippen LogP contribution in [0.2, 0.25) is 0 Å². The average Bonchev–Trinajstić information content (AvgIpc) is 2.96. The molecule has 0 aliphatic carbocycles. The van der Waals surface area contributed by atoms with Gasteiger partial charge in [-0.3, -0.25) is 4.79 Å². The third-order valence-corrected chi connectivity index (χ3v) is 5.22. The molecule has 116 valence electrons. The fourth-order valence-electron chi connectivity index (χ4n) is 2.89. The van der Waals surface area contributed by atoms with Crippen LogP contribution in [0.4, 0.5) is 5.69 Å². The van der Waals surface area contributed by atoms with Crippen molar-refractivity contribution in [2.24, 2.45) is 0 Å². The molecule has 3 rings (SSSR count). The van der Waals surface area contributed by atoms with Gasteiger partial charge >= 0.3 is 0 Å². The number of hydrogen-bond donors (Lipinski definition) is 1. The Morgan fingerprint density at radius 1 is 1.41 bits per heavy atom. The monoisotopic (exact) mass is 315 g/mol. The standard InChI is InChI=1S/C17H21N3OS/c1-12-11-22-17(19-12)14-3-2-8-20(10-14)16(21)9-13-4-6-15(18)7-5-13/h4-7,11,14H,2-3,8-10,18H2,1H3. The molecule has 2 aromatic rings. The number of rotatable bonds is 3. The molecule has 0 saturated carbocycles. The Balaban J connectivity index is 1.63. The number of amides is 1. The molecular weight excluding hydrogens is 294 g/mol. The Morgan fingerprint density at radius 3 is 2.86 bits per heavy atom. The van der Waals surface area contributed by atoms with Gasteiger partial charge in [0.05, 0.1) is 11.4 Å². The number of thiazole rings is 1. The summed E-state index contributed by atoms with van der Waals surface area (Å²) in [4.78, 5) is 19.1. The van der Waals surface area contributed by atoms with Crippen molar-refractivity contribution in [1.29, 1.82) is 0 Å². The zero-order valence-electron chi connectivity index (χ0n) is 12.8. The fraction of sp³-hybridized carbons (Fsp3) is 0.412. The predicted octanol–water partition coefficient (Wildman–Crippen LogP) is 2.98. The SMILES string of the molecule is Cc1csc(C2CCCN(C(=O)Cc3ccc(N)cc3)C2)n1. The molecule has 1 atom stereocenters. The zero-order valence-corrected chi connectivity index (χ0v) is 13.6. The Labute approximate surface area is 135 Å². The number of carbonyl (C=O) groups is 1. The number of hydrogen-bond acceptors (Lipinski definition) is 4. The van der Waals surface area contributed by atoms with Gasteiger partial charge in [0.25, 0.3) is 0 Å². The van der Waals surface area contributed by atoms with Gasteiger partial charge < -0.3 is 10.6 Å². The molecule has 22 heavy (non-hydrogen) atoms. The summed E-state index contributed by atoms with van der Waals surface area (Å²) in [6, 6.07) is 7.55. The lowest BCUT2D eigenvalue weighted by Gasteiger charge is -2.32. The van der Waals surface area contributed by atoms with Gasteiger partial charge in [-0.2, -0.15) is 0 Å². The number of aromatic nitrogens is 1. The first-order valence-electron chi connectivity index (χ1n) is 7.66. The molecule has 2 N–H and O–H groups in total. The highest BCUT2D eigenvalue weighted by Crippen LogP contribution is 2.29. The van der Waals surface area contributed by atoms with Gasteiger partial charge in [0.2, 0.25) is 5.91 Å². The van der Waals surface area contributed by atoms with E-state index < -0.39 is 0 Å². The lowest BCUT2D eigenvalue weighted by Crippen LogP contribution is -2.39. The summed E-state index contributed by atoms with van der Waals surface area (Å²) >= 11 is 1.71. The highest BCUT2D eigenvalue weighted by atomic mass is 32.1. The summed E-state index contributed by atoms with van der Waals surface area (Å²) < 4.78 is 0. The maximum atomic E-state index is 12.5. The molecule has 2 heterocycles. The van der Waals surface area contributed by atoms with Crippen LogP contribution in [-0.4, -0.2) is 28.9 Å². The second-order valence-corrected chi connectivity index (χ2v) is 6.81. The van der Waals surface area contributed by atoms with Crippen LogP contribution in [0.25, 0.3) is 0 Å². The van der Waals surface area contributed by atoms with E-state index in [1.807, 2.05) is 36.1 Å². The molecule has 1 saturated heterocycles. The fourth-order valence-corrected chi connectivity index (χ4v) is 3.81. The third-order valence-electron chi connectivity index (χ3n) is 4.10. The maximum Gasteiger partial charge on any atom is 0.227 e. The van der Waals surface area contributed by atoms with E-state index in [-0.39, 0.29) is 5.91 Å². The lowest BCUT2D eigenvalue weighted by atomic mass is 9.98. The van der Waals surface area contributed by atoms with Crippen molar-refractivity contribution in [3.63, 3.8) is 0 Å². The summed E-state index contributed by atoms with van der Waals surface area (Å²) in [5, 5.41) is 3.26. The van der Waals surface area contributed by atoms with Gasteiger partial charge in [0, 0.05) is 35.8 Å². The van der Waals surface area contributed by atoms with Crippen molar-refractivity contribution < 1.29 is 4.79 Å². The molecule has 1 aromatic heterocycles. The van der Waals surface area contributed by atoms with Crippen molar-refractivity contribution in [2.75, 3.05) is 18.8 Å². The molecular formula is C17H21N3OS. The van der Waals surface area contributed by atoms with Crippen LogP contribution in [0.15, 0.2) is 29.6 Å². The molecule has 0 bridgehead atoms. The molecule has 1 aromatic carbocycles. The number of piperidine rings is 1. The number of aryl methyl sites for hydroxylation is 1. The van der Waals surface area contributed by atoms with Crippen LogP contribution in [0.3, 0.4) is 0 Å². The van der Waals surface area contributed by atoms with Gasteiger partial charge in [-0.25, -0.2) is 4.98 Å². The number of anilines is 1. The van der Waals surface area contributed by atoms with Crippen molar-refractivity contribution in [3.05, 3.63) is 45.9 Å². The van der Waals surface area contributed by atoms with Crippen molar-refractivity contribution >= 4 is 22.9 Å². The number of likely N-dealkylation sites (tertiary alicyclic amines) is 1. The molecule has 5 heteroatoms. The second-order valence-electron chi connectivity index (χ2n) is 5.92. The summed E-state index contributed by atoms with van der Waals surface area (Å²) in [6.45, 7) is 3.67. The van der Waals surface area contributed by atoms with Crippen LogP contribution in [0, 0.1) is 6.92 Å². The first-order chi connectivity index (χ1) is 10.6. The van der Waals surface area contributed by atoms with Crippen molar-refractivity contribution in [1.82, 2.24) is 9.88 Å². The normalized spacial score (nSPS) is 18.4. The molecule has 1 aliphatic rings. The second kappa shape index (κ2) is 6.48. The van der Waals surface area contributed by atoms with E-state index in [2.05, 4.69) is 10.4 Å². The van der Waals surface area contributed by atoms with Crippen LogP contribution in [0.5, 0.6) is 0 Å².